The fraction of sp³-hybridized carbons (Fsp3) is 0.200. The van der Waals surface area contributed by atoms with E-state index < -0.39 is 17.6 Å². The Balaban J connectivity index is 2.29. The van der Waals surface area contributed by atoms with Crippen molar-refractivity contribution >= 4 is 23.3 Å². The van der Waals surface area contributed by atoms with Gasteiger partial charge in [0, 0.05) is 24.5 Å². The van der Waals surface area contributed by atoms with Crippen LogP contribution >= 0.6 is 0 Å². The quantitative estimate of drug-likeness (QED) is 0.480. The molecule has 7 heteroatoms. The zero-order valence-corrected chi connectivity index (χ0v) is 15.2. The fourth-order valence-electron chi connectivity index (χ4n) is 2.65. The van der Waals surface area contributed by atoms with Crippen LogP contribution in [-0.4, -0.2) is 28.7 Å². The monoisotopic (exact) mass is 362 g/mol. The molecule has 0 aliphatic carbocycles. The minimum absolute atomic E-state index is 0.0571. The van der Waals surface area contributed by atoms with Gasteiger partial charge in [-0.2, -0.15) is 5.26 Å². The molecule has 0 radical (unpaired) electrons. The number of terminal acetylenes is 1. The summed E-state index contributed by atoms with van der Waals surface area (Å²) in [6.07, 6.45) is 6.49. The fourth-order valence-corrected chi connectivity index (χ4v) is 2.65. The largest absolute Gasteiger partial charge is 0.346 e. The van der Waals surface area contributed by atoms with Crippen LogP contribution in [0.4, 0.5) is 5.69 Å². The molecule has 1 aromatic heterocycles. The van der Waals surface area contributed by atoms with Gasteiger partial charge in [-0.15, -0.1) is 6.42 Å². The first-order chi connectivity index (χ1) is 12.8. The molecule has 1 aromatic carbocycles. The molecule has 0 saturated heterocycles. The Bertz CT molecular complexity index is 1020. The van der Waals surface area contributed by atoms with E-state index in [1.165, 1.54) is 10.8 Å². The number of nitrogens with zero attached hydrogens (tertiary/aromatic N) is 2. The van der Waals surface area contributed by atoms with Gasteiger partial charge in [-0.05, 0) is 37.1 Å². The second kappa shape index (κ2) is 8.03. The molecule has 2 aromatic rings. The number of carbonyl (C=O) groups excluding carboxylic acids is 3. The van der Waals surface area contributed by atoms with E-state index >= 15 is 0 Å². The number of nitriles is 1. The number of aryl methyl sites for hydroxylation is 2. The lowest BCUT2D eigenvalue weighted by atomic mass is 10.1. The Kier molecular flexibility index (Phi) is 5.79. The molecule has 0 saturated carbocycles. The van der Waals surface area contributed by atoms with Crippen molar-refractivity contribution in [3.05, 3.63) is 52.3 Å². The smallest absolute Gasteiger partial charge is 0.293 e. The molecule has 1 heterocycles. The maximum atomic E-state index is 12.7. The third kappa shape index (κ3) is 4.05. The van der Waals surface area contributed by atoms with Crippen LogP contribution in [-0.2, 0) is 11.8 Å². The number of hydrogen-bond donors (Lipinski definition) is 2. The van der Waals surface area contributed by atoms with Crippen LogP contribution in [0.2, 0.25) is 0 Å². The Labute approximate surface area is 157 Å². The summed E-state index contributed by atoms with van der Waals surface area (Å²) in [5.41, 5.74) is 2.46. The third-order valence-corrected chi connectivity index (χ3v) is 4.07. The van der Waals surface area contributed by atoms with Crippen molar-refractivity contribution in [2.45, 2.75) is 13.8 Å². The van der Waals surface area contributed by atoms with Crippen LogP contribution in [0.1, 0.15) is 37.5 Å². The highest BCUT2D eigenvalue weighted by Gasteiger charge is 2.25. The van der Waals surface area contributed by atoms with Crippen molar-refractivity contribution in [3.8, 4) is 18.4 Å². The lowest BCUT2D eigenvalue weighted by molar-refractivity contribution is -0.116. The van der Waals surface area contributed by atoms with Crippen molar-refractivity contribution in [2.24, 2.45) is 7.05 Å². The average Bonchev–Trinajstić information content (AvgIpc) is 2.94. The molecule has 0 atom stereocenters. The molecule has 136 valence electrons. The standard InChI is InChI=1S/C20H18N4O3/c1-5-8-22-20(27)18(25)16-11-24(4)17(13(16)3)19(26)23-15-7-6-12(2)14(9-15)10-21/h1,6-7,9,11H,8H2,2-4H3,(H,22,27)(H,23,26). The number of nitrogens with one attached hydrogen (secondary N) is 2. The highest BCUT2D eigenvalue weighted by Crippen LogP contribution is 2.20. The predicted octanol–water partition coefficient (Wildman–Crippen LogP) is 1.70. The van der Waals surface area contributed by atoms with E-state index in [1.807, 2.05) is 0 Å². The molecule has 7 nitrogen and oxygen atoms in total. The molecule has 27 heavy (non-hydrogen) atoms. The number of amides is 2. The Morgan fingerprint density at radius 2 is 1.96 bits per heavy atom. The highest BCUT2D eigenvalue weighted by molar-refractivity contribution is 6.43. The van der Waals surface area contributed by atoms with Crippen LogP contribution in [0.15, 0.2) is 24.4 Å². The van der Waals surface area contributed by atoms with Gasteiger partial charge in [0.05, 0.1) is 18.2 Å². The average molecular weight is 362 g/mol. The highest BCUT2D eigenvalue weighted by atomic mass is 16.2. The zero-order chi connectivity index (χ0) is 20.1. The first-order valence-electron chi connectivity index (χ1n) is 8.04. The van der Waals surface area contributed by atoms with Crippen molar-refractivity contribution < 1.29 is 14.4 Å². The molecule has 0 unspecified atom stereocenters. The Hall–Kier alpha value is -3.84. The van der Waals surface area contributed by atoms with Gasteiger partial charge >= 0.3 is 0 Å². The number of ketones is 1. The molecule has 0 spiro atoms. The number of benzene rings is 1. The first kappa shape index (κ1) is 19.5. The summed E-state index contributed by atoms with van der Waals surface area (Å²) in [4.78, 5) is 36.8. The molecule has 2 N–H and O–H groups in total. The molecular weight excluding hydrogens is 344 g/mol. The van der Waals surface area contributed by atoms with E-state index in [0.29, 0.717) is 16.8 Å². The maximum absolute atomic E-state index is 12.7. The minimum atomic E-state index is -0.828. The summed E-state index contributed by atoms with van der Waals surface area (Å²) in [5.74, 6) is 0.173. The normalized spacial score (nSPS) is 9.81. The van der Waals surface area contributed by atoms with Crippen LogP contribution in [0.25, 0.3) is 0 Å². The summed E-state index contributed by atoms with van der Waals surface area (Å²) in [7, 11) is 1.61. The molecule has 2 amide bonds. The van der Waals surface area contributed by atoms with Gasteiger partial charge in [0.15, 0.2) is 0 Å². The van der Waals surface area contributed by atoms with E-state index in [4.69, 9.17) is 11.7 Å². The van der Waals surface area contributed by atoms with Gasteiger partial charge in [-0.25, -0.2) is 0 Å². The molecule has 2 rings (SSSR count). The van der Waals surface area contributed by atoms with E-state index in [-0.39, 0.29) is 17.8 Å². The van der Waals surface area contributed by atoms with E-state index in [2.05, 4.69) is 22.6 Å². The molecular formula is C20H18N4O3. The molecule has 0 fully saturated rings. The van der Waals surface area contributed by atoms with E-state index in [1.54, 1.807) is 39.1 Å². The predicted molar refractivity (Wildman–Crippen MR) is 100 cm³/mol. The Morgan fingerprint density at radius 3 is 2.59 bits per heavy atom. The number of rotatable bonds is 5. The van der Waals surface area contributed by atoms with Crippen LogP contribution in [0, 0.1) is 37.5 Å². The van der Waals surface area contributed by atoms with Crippen LogP contribution < -0.4 is 10.6 Å². The second-order valence-electron chi connectivity index (χ2n) is 5.94. The zero-order valence-electron chi connectivity index (χ0n) is 15.2. The first-order valence-corrected chi connectivity index (χ1v) is 8.04. The van der Waals surface area contributed by atoms with E-state index in [9.17, 15) is 14.4 Å². The summed E-state index contributed by atoms with van der Waals surface area (Å²) in [6.45, 7) is 3.33. The third-order valence-electron chi connectivity index (χ3n) is 4.07. The number of aromatic nitrogens is 1. The van der Waals surface area contributed by atoms with Crippen molar-refractivity contribution in [1.29, 1.82) is 5.26 Å². The van der Waals surface area contributed by atoms with Gasteiger partial charge in [0.2, 0.25) is 0 Å². The van der Waals surface area contributed by atoms with Gasteiger partial charge in [0.25, 0.3) is 17.6 Å². The molecule has 0 aliphatic rings. The van der Waals surface area contributed by atoms with Crippen LogP contribution in [0.5, 0.6) is 0 Å². The second-order valence-corrected chi connectivity index (χ2v) is 5.94. The number of hydrogen-bond acceptors (Lipinski definition) is 4. The van der Waals surface area contributed by atoms with Crippen molar-refractivity contribution in [1.82, 2.24) is 9.88 Å². The lowest BCUT2D eigenvalue weighted by Gasteiger charge is -2.09. The van der Waals surface area contributed by atoms with Gasteiger partial charge in [-0.1, -0.05) is 12.0 Å². The SMILES string of the molecule is C#CCNC(=O)C(=O)c1cn(C)c(C(=O)Nc2ccc(C)c(C#N)c2)c1C. The summed E-state index contributed by atoms with van der Waals surface area (Å²) in [5, 5.41) is 14.1. The number of carbonyl (C=O) groups is 3. The van der Waals surface area contributed by atoms with E-state index in [0.717, 1.165) is 5.56 Å². The van der Waals surface area contributed by atoms with Gasteiger partial charge < -0.3 is 15.2 Å². The summed E-state index contributed by atoms with van der Waals surface area (Å²) in [6, 6.07) is 7.05. The molecule has 0 aliphatic heterocycles. The molecule has 0 bridgehead atoms. The van der Waals surface area contributed by atoms with Crippen molar-refractivity contribution in [3.63, 3.8) is 0 Å². The lowest BCUT2D eigenvalue weighted by Crippen LogP contribution is -2.31. The minimum Gasteiger partial charge on any atom is -0.346 e. The topological polar surface area (TPSA) is 104 Å². The maximum Gasteiger partial charge on any atom is 0.293 e. The van der Waals surface area contributed by atoms with Crippen LogP contribution in [0.3, 0.4) is 0 Å². The summed E-state index contributed by atoms with van der Waals surface area (Å²) < 4.78 is 1.48. The Morgan fingerprint density at radius 1 is 1.26 bits per heavy atom. The number of Topliss-reactive ketones (excluding diaryl/α,β-unsaturated/α-hetero) is 1. The summed E-state index contributed by atoms with van der Waals surface area (Å²) >= 11 is 0. The van der Waals surface area contributed by atoms with Crippen molar-refractivity contribution in [2.75, 3.05) is 11.9 Å². The van der Waals surface area contributed by atoms with Gasteiger partial charge in [0.1, 0.15) is 5.69 Å². The van der Waals surface area contributed by atoms with Gasteiger partial charge in [-0.3, -0.25) is 14.4 Å². The number of anilines is 1.